The van der Waals surface area contributed by atoms with Gasteiger partial charge in [-0.05, 0) is 19.4 Å². The summed E-state index contributed by atoms with van der Waals surface area (Å²) in [6.07, 6.45) is 2.51. The topological polar surface area (TPSA) is 58.1 Å². The smallest absolute Gasteiger partial charge is 0.191 e. The van der Waals surface area contributed by atoms with Crippen molar-refractivity contribution in [1.29, 1.82) is 0 Å². The highest BCUT2D eigenvalue weighted by atomic mass is 16.5. The highest BCUT2D eigenvalue weighted by Gasteiger charge is 2.23. The molecule has 0 bridgehead atoms. The van der Waals surface area contributed by atoms with Crippen LogP contribution in [0, 0.1) is 0 Å². The molecule has 2 N–H and O–H groups in total. The number of nitrogens with zero attached hydrogens (tertiary/aromatic N) is 2. The summed E-state index contributed by atoms with van der Waals surface area (Å²) >= 11 is 0. The summed E-state index contributed by atoms with van der Waals surface area (Å²) in [4.78, 5) is 6.69. The van der Waals surface area contributed by atoms with Crippen LogP contribution in [0.4, 0.5) is 0 Å². The van der Waals surface area contributed by atoms with Gasteiger partial charge in [0.25, 0.3) is 0 Å². The van der Waals surface area contributed by atoms with Gasteiger partial charge in [-0.3, -0.25) is 9.89 Å². The molecule has 0 saturated carbocycles. The number of methoxy groups -OCH3 is 2. The van der Waals surface area contributed by atoms with Crippen molar-refractivity contribution in [1.82, 2.24) is 15.5 Å². The molecule has 1 unspecified atom stereocenters. The van der Waals surface area contributed by atoms with Crippen molar-refractivity contribution in [2.75, 3.05) is 60.7 Å². The van der Waals surface area contributed by atoms with Crippen LogP contribution in [-0.2, 0) is 9.47 Å². The fourth-order valence-electron chi connectivity index (χ4n) is 2.34. The van der Waals surface area contributed by atoms with Gasteiger partial charge in [-0.1, -0.05) is 0 Å². The maximum Gasteiger partial charge on any atom is 0.191 e. The van der Waals surface area contributed by atoms with Crippen LogP contribution >= 0.6 is 0 Å². The van der Waals surface area contributed by atoms with Crippen LogP contribution in [0.25, 0.3) is 0 Å². The third-order valence-electron chi connectivity index (χ3n) is 3.41. The SMILES string of the molecule is CN=C(NCCOC)NCC1CCCN1CCOC. The van der Waals surface area contributed by atoms with E-state index in [1.54, 1.807) is 21.3 Å². The molecule has 19 heavy (non-hydrogen) atoms. The van der Waals surface area contributed by atoms with Crippen molar-refractivity contribution in [3.8, 4) is 0 Å². The van der Waals surface area contributed by atoms with Crippen LogP contribution in [0.15, 0.2) is 4.99 Å². The van der Waals surface area contributed by atoms with Crippen LogP contribution in [0.1, 0.15) is 12.8 Å². The van der Waals surface area contributed by atoms with E-state index in [-0.39, 0.29) is 0 Å². The van der Waals surface area contributed by atoms with Gasteiger partial charge in [0.1, 0.15) is 0 Å². The lowest BCUT2D eigenvalue weighted by atomic mass is 10.2. The van der Waals surface area contributed by atoms with Gasteiger partial charge < -0.3 is 20.1 Å². The van der Waals surface area contributed by atoms with Gasteiger partial charge in [-0.25, -0.2) is 0 Å². The molecule has 6 nitrogen and oxygen atoms in total. The van der Waals surface area contributed by atoms with Crippen molar-refractivity contribution in [3.63, 3.8) is 0 Å². The molecular weight excluding hydrogens is 244 g/mol. The van der Waals surface area contributed by atoms with Gasteiger partial charge in [0.05, 0.1) is 13.2 Å². The number of nitrogens with one attached hydrogen (secondary N) is 2. The normalized spacial score (nSPS) is 20.8. The largest absolute Gasteiger partial charge is 0.383 e. The molecule has 0 aliphatic carbocycles. The molecule has 0 radical (unpaired) electrons. The number of rotatable bonds is 8. The molecule has 0 aromatic heterocycles. The Morgan fingerprint density at radius 2 is 2.05 bits per heavy atom. The highest BCUT2D eigenvalue weighted by Crippen LogP contribution is 2.15. The molecule has 0 spiro atoms. The van der Waals surface area contributed by atoms with E-state index in [1.165, 1.54) is 19.4 Å². The highest BCUT2D eigenvalue weighted by molar-refractivity contribution is 5.79. The van der Waals surface area contributed by atoms with Crippen LogP contribution < -0.4 is 10.6 Å². The third kappa shape index (κ3) is 6.22. The van der Waals surface area contributed by atoms with Crippen molar-refractivity contribution in [3.05, 3.63) is 0 Å². The summed E-state index contributed by atoms with van der Waals surface area (Å²) in [7, 11) is 5.24. The predicted molar refractivity (Wildman–Crippen MR) is 77.7 cm³/mol. The zero-order valence-electron chi connectivity index (χ0n) is 12.4. The van der Waals surface area contributed by atoms with E-state index in [2.05, 4.69) is 20.5 Å². The first kappa shape index (κ1) is 16.2. The van der Waals surface area contributed by atoms with E-state index < -0.39 is 0 Å². The monoisotopic (exact) mass is 272 g/mol. The first-order chi connectivity index (χ1) is 9.31. The Hall–Kier alpha value is -0.850. The molecule has 112 valence electrons. The Morgan fingerprint density at radius 3 is 2.74 bits per heavy atom. The Morgan fingerprint density at radius 1 is 1.26 bits per heavy atom. The molecule has 1 saturated heterocycles. The first-order valence-electron chi connectivity index (χ1n) is 6.98. The second kappa shape index (κ2) is 10.00. The minimum Gasteiger partial charge on any atom is -0.383 e. The van der Waals surface area contributed by atoms with E-state index in [9.17, 15) is 0 Å². The van der Waals surface area contributed by atoms with E-state index in [1.807, 2.05) is 0 Å². The van der Waals surface area contributed by atoms with Crippen LogP contribution in [0.2, 0.25) is 0 Å². The number of hydrogen-bond acceptors (Lipinski definition) is 4. The average molecular weight is 272 g/mol. The van der Waals surface area contributed by atoms with Gasteiger partial charge in [-0.2, -0.15) is 0 Å². The third-order valence-corrected chi connectivity index (χ3v) is 3.41. The minimum atomic E-state index is 0.580. The van der Waals surface area contributed by atoms with Gasteiger partial charge >= 0.3 is 0 Å². The van der Waals surface area contributed by atoms with Crippen molar-refractivity contribution < 1.29 is 9.47 Å². The van der Waals surface area contributed by atoms with E-state index in [4.69, 9.17) is 9.47 Å². The lowest BCUT2D eigenvalue weighted by Gasteiger charge is -2.25. The molecule has 0 amide bonds. The van der Waals surface area contributed by atoms with Crippen LogP contribution in [0.3, 0.4) is 0 Å². The number of likely N-dealkylation sites (tertiary alicyclic amines) is 1. The fraction of sp³-hybridized carbons (Fsp3) is 0.923. The van der Waals surface area contributed by atoms with Crippen molar-refractivity contribution in [2.24, 2.45) is 4.99 Å². The van der Waals surface area contributed by atoms with Crippen LogP contribution in [0.5, 0.6) is 0 Å². The second-order valence-electron chi connectivity index (χ2n) is 4.70. The lowest BCUT2D eigenvalue weighted by Crippen LogP contribution is -2.46. The summed E-state index contributed by atoms with van der Waals surface area (Å²) in [6.45, 7) is 5.37. The molecule has 6 heteroatoms. The van der Waals surface area contributed by atoms with Crippen molar-refractivity contribution >= 4 is 5.96 Å². The van der Waals surface area contributed by atoms with Gasteiger partial charge in [0.2, 0.25) is 0 Å². The molecule has 0 aromatic rings. The molecule has 1 fully saturated rings. The minimum absolute atomic E-state index is 0.580. The first-order valence-corrected chi connectivity index (χ1v) is 6.98. The van der Waals surface area contributed by atoms with E-state index in [0.29, 0.717) is 12.6 Å². The maximum atomic E-state index is 5.15. The summed E-state index contributed by atoms with van der Waals surface area (Å²) in [5.74, 6) is 0.843. The standard InChI is InChI=1S/C13H28N4O2/c1-14-13(15-6-9-18-2)16-11-12-5-4-7-17(12)8-10-19-3/h12H,4-11H2,1-3H3,(H2,14,15,16). The molecular formula is C13H28N4O2. The number of ether oxygens (including phenoxy) is 2. The Kier molecular flexibility index (Phi) is 8.53. The van der Waals surface area contributed by atoms with Crippen LogP contribution in [-0.4, -0.2) is 77.6 Å². The Balaban J connectivity index is 2.25. The molecule has 1 heterocycles. The maximum absolute atomic E-state index is 5.15. The summed E-state index contributed by atoms with van der Waals surface area (Å²) in [5.41, 5.74) is 0. The number of hydrogen-bond donors (Lipinski definition) is 2. The zero-order valence-corrected chi connectivity index (χ0v) is 12.4. The molecule has 1 rings (SSSR count). The van der Waals surface area contributed by atoms with Gasteiger partial charge in [0.15, 0.2) is 5.96 Å². The fourth-order valence-corrected chi connectivity index (χ4v) is 2.34. The lowest BCUT2D eigenvalue weighted by molar-refractivity contribution is 0.141. The quantitative estimate of drug-likeness (QED) is 0.367. The zero-order chi connectivity index (χ0) is 13.9. The molecule has 1 aliphatic heterocycles. The van der Waals surface area contributed by atoms with E-state index >= 15 is 0 Å². The summed E-state index contributed by atoms with van der Waals surface area (Å²) in [6, 6.07) is 0.580. The summed E-state index contributed by atoms with van der Waals surface area (Å²) in [5, 5.41) is 6.60. The summed E-state index contributed by atoms with van der Waals surface area (Å²) < 4.78 is 10.2. The molecule has 1 aliphatic rings. The number of aliphatic imine (C=N–C) groups is 1. The Labute approximate surface area is 116 Å². The van der Waals surface area contributed by atoms with Crippen molar-refractivity contribution in [2.45, 2.75) is 18.9 Å². The molecule has 1 atom stereocenters. The average Bonchev–Trinajstić information content (AvgIpc) is 2.88. The number of guanidine groups is 1. The molecule has 0 aromatic carbocycles. The predicted octanol–water partition coefficient (Wildman–Crippen LogP) is -0.0914. The van der Waals surface area contributed by atoms with Gasteiger partial charge in [0, 0.05) is 46.9 Å². The van der Waals surface area contributed by atoms with Gasteiger partial charge in [-0.15, -0.1) is 0 Å². The Bertz CT molecular complexity index is 261. The second-order valence-corrected chi connectivity index (χ2v) is 4.70. The van der Waals surface area contributed by atoms with E-state index in [0.717, 1.165) is 32.2 Å².